The molecule has 244 valence electrons. The summed E-state index contributed by atoms with van der Waals surface area (Å²) in [5, 5.41) is 18.5. The molecule has 0 aromatic heterocycles. The second-order valence-corrected chi connectivity index (χ2v) is 16.4. The number of ether oxygens (including phenoxy) is 2. The van der Waals surface area contributed by atoms with Crippen molar-refractivity contribution in [3.63, 3.8) is 0 Å². The number of nitro benzene ring substituents is 1. The Bertz CT molecular complexity index is 1750. The molecule has 0 saturated heterocycles. The van der Waals surface area contributed by atoms with Gasteiger partial charge >= 0.3 is 269 Å². The van der Waals surface area contributed by atoms with E-state index in [9.17, 15) is 19.7 Å². The predicted octanol–water partition coefficient (Wildman–Crippen LogP) is 6.47. The van der Waals surface area contributed by atoms with Crippen LogP contribution in [-0.4, -0.2) is 36.7 Å². The number of benzene rings is 4. The van der Waals surface area contributed by atoms with E-state index >= 15 is 0 Å². The Kier molecular flexibility index (Phi) is 10.7. The number of non-ortho nitro benzene ring substituents is 1. The van der Waals surface area contributed by atoms with Gasteiger partial charge in [-0.25, -0.2) is 0 Å². The number of carbonyl (C=O) groups excluding carboxylic acids is 2. The first-order valence-electron chi connectivity index (χ1n) is 15.2. The summed E-state index contributed by atoms with van der Waals surface area (Å²) >= 11 is 0. The number of halogens is 1. The Morgan fingerprint density at radius 2 is 1.19 bits per heavy atom. The summed E-state index contributed by atoms with van der Waals surface area (Å²) in [5.41, 5.74) is 1.70. The van der Waals surface area contributed by atoms with Crippen molar-refractivity contribution in [3.05, 3.63) is 153 Å². The predicted molar refractivity (Wildman–Crippen MR) is 190 cm³/mol. The van der Waals surface area contributed by atoms with Gasteiger partial charge in [0.05, 0.1) is 0 Å². The van der Waals surface area contributed by atoms with Crippen LogP contribution >= 0.6 is 19.0 Å². The minimum atomic E-state index is -3.91. The van der Waals surface area contributed by atoms with Crippen LogP contribution in [0.1, 0.15) is 32.3 Å². The number of dihydropyridines is 1. The molecule has 0 bridgehead atoms. The number of rotatable bonds is 10. The van der Waals surface area contributed by atoms with E-state index < -0.39 is 29.4 Å². The summed E-state index contributed by atoms with van der Waals surface area (Å²) < 4.78 is 11.3. The Labute approximate surface area is 281 Å². The molecular weight excluding hydrogens is 635 g/mol. The van der Waals surface area contributed by atoms with Crippen molar-refractivity contribution in [2.45, 2.75) is 26.7 Å². The van der Waals surface area contributed by atoms with Crippen LogP contribution < -0.4 is 21.2 Å². The van der Waals surface area contributed by atoms with Crippen molar-refractivity contribution >= 4 is 52.6 Å². The molecule has 0 radical (unpaired) electrons. The maximum atomic E-state index is 14.5. The molecule has 5 rings (SSSR count). The first-order valence-corrected chi connectivity index (χ1v) is 17.8. The zero-order valence-corrected chi connectivity index (χ0v) is 28.4. The first-order chi connectivity index (χ1) is 22.2. The van der Waals surface area contributed by atoms with Crippen LogP contribution in [0.5, 0.6) is 0 Å². The molecule has 4 aromatic rings. The summed E-state index contributed by atoms with van der Waals surface area (Å²) in [6.45, 7) is 3.68. The molecule has 47 heavy (non-hydrogen) atoms. The fourth-order valence-electron chi connectivity index (χ4n) is 6.54. The number of hydrogen-bond donors (Lipinski definition) is 1. The van der Waals surface area contributed by atoms with E-state index in [0.717, 1.165) is 15.9 Å². The number of allylic oxidation sites excluding steroid dienone is 1. The van der Waals surface area contributed by atoms with E-state index in [-0.39, 0.29) is 42.5 Å². The van der Waals surface area contributed by atoms with E-state index in [1.54, 1.807) is 32.9 Å². The van der Waals surface area contributed by atoms with Crippen molar-refractivity contribution in [3.8, 4) is 0 Å². The van der Waals surface area contributed by atoms with Crippen molar-refractivity contribution in [2.24, 2.45) is 0 Å². The van der Waals surface area contributed by atoms with Crippen LogP contribution in [0, 0.1) is 10.1 Å². The van der Waals surface area contributed by atoms with E-state index in [1.165, 1.54) is 12.1 Å². The zero-order valence-electron chi connectivity index (χ0n) is 26.7. The van der Waals surface area contributed by atoms with Crippen molar-refractivity contribution in [1.29, 1.82) is 0 Å². The van der Waals surface area contributed by atoms with Crippen LogP contribution in [0.2, 0.25) is 0 Å². The summed E-state index contributed by atoms with van der Waals surface area (Å²) in [7, 11) is 0. The van der Waals surface area contributed by atoms with Crippen LogP contribution in [-0.2, 0) is 19.1 Å². The number of nitro groups is 1. The number of carbonyl (C=O) groups is 2. The quantitative estimate of drug-likeness (QED) is 0.0890. The van der Waals surface area contributed by atoms with Crippen molar-refractivity contribution in [2.75, 3.05) is 19.9 Å². The molecule has 4 aromatic carbocycles. The van der Waals surface area contributed by atoms with Gasteiger partial charge in [0.2, 0.25) is 0 Å². The van der Waals surface area contributed by atoms with Gasteiger partial charge in [-0.3, -0.25) is 0 Å². The first kappa shape index (κ1) is 35.1. The number of esters is 2. The van der Waals surface area contributed by atoms with Gasteiger partial charge in [0.1, 0.15) is 0 Å². The molecule has 0 fully saturated rings. The molecule has 0 saturated carbocycles. The van der Waals surface area contributed by atoms with Gasteiger partial charge < -0.3 is 0 Å². The minimum absolute atomic E-state index is 0. The third-order valence-electron chi connectivity index (χ3n) is 8.71. The van der Waals surface area contributed by atoms with Gasteiger partial charge in [-0.2, -0.15) is 0 Å². The molecule has 1 aliphatic heterocycles. The minimum Gasteiger partial charge on any atom is -0.147 e. The Balaban J connectivity index is 0.00000500. The second kappa shape index (κ2) is 14.3. The van der Waals surface area contributed by atoms with E-state index in [4.69, 9.17) is 9.47 Å². The van der Waals surface area contributed by atoms with Crippen molar-refractivity contribution in [1.82, 2.24) is 5.32 Å². The van der Waals surface area contributed by atoms with Gasteiger partial charge in [0.15, 0.2) is 0 Å². The molecule has 0 amide bonds. The van der Waals surface area contributed by atoms with Crippen LogP contribution in [0.25, 0.3) is 0 Å². The summed E-state index contributed by atoms with van der Waals surface area (Å²) in [4.78, 5) is 39.8. The van der Waals surface area contributed by atoms with Gasteiger partial charge in [0, 0.05) is 0 Å². The van der Waals surface area contributed by atoms with E-state index in [0.29, 0.717) is 16.7 Å². The average Bonchev–Trinajstić information content (AvgIpc) is 3.08. The molecule has 1 aliphatic rings. The summed E-state index contributed by atoms with van der Waals surface area (Å²) in [6, 6.07) is 36.2. The largest absolute Gasteiger partial charge is 0.147 e. The topological polar surface area (TPSA) is 108 Å². The summed E-state index contributed by atoms with van der Waals surface area (Å²) in [6.07, 6.45) is 0. The van der Waals surface area contributed by atoms with Gasteiger partial charge in [-0.1, -0.05) is 0 Å². The van der Waals surface area contributed by atoms with Crippen LogP contribution in [0.4, 0.5) is 5.69 Å². The third-order valence-corrected chi connectivity index (χ3v) is 14.9. The van der Waals surface area contributed by atoms with Gasteiger partial charge in [-0.15, -0.1) is 12.4 Å². The molecule has 10 heteroatoms. The Morgan fingerprint density at radius 1 is 0.745 bits per heavy atom. The molecule has 0 aliphatic carbocycles. The molecule has 0 spiro atoms. The van der Waals surface area contributed by atoms with E-state index in [1.807, 2.05) is 54.6 Å². The zero-order chi connectivity index (χ0) is 32.9. The van der Waals surface area contributed by atoms with Crippen LogP contribution in [0.15, 0.2) is 138 Å². The third kappa shape index (κ3) is 5.95. The monoisotopic (exact) mass is 672 g/mol. The molecule has 1 unspecified atom stereocenters. The van der Waals surface area contributed by atoms with Crippen LogP contribution in [0.3, 0.4) is 0 Å². The Morgan fingerprint density at radius 3 is 1.62 bits per heavy atom. The number of hydrogen-bond acceptors (Lipinski definition) is 7. The smallest absolute Gasteiger partial charge is 0.147 e. The maximum Gasteiger partial charge on any atom is -0.147 e. The molecule has 1 N–H and O–H groups in total. The Hall–Kier alpha value is -4.78. The fourth-order valence-corrected chi connectivity index (χ4v) is 12.2. The number of nitrogens with one attached hydrogen (secondary N) is 1. The number of nitrogens with zero attached hydrogens (tertiary/aromatic N) is 1. The molecule has 1 atom stereocenters. The summed E-state index contributed by atoms with van der Waals surface area (Å²) in [5.74, 6) is -2.29. The second-order valence-electron chi connectivity index (χ2n) is 11.2. The van der Waals surface area contributed by atoms with Gasteiger partial charge in [0.25, 0.3) is 0 Å². The van der Waals surface area contributed by atoms with Crippen molar-refractivity contribution < 1.29 is 24.0 Å². The maximum absolute atomic E-state index is 14.5. The molecular formula is C37H38ClN2O6P. The van der Waals surface area contributed by atoms with Gasteiger partial charge in [-0.05, 0) is 0 Å². The SMILES string of the molecule is CCOC(=O)C1=C(C)NC(P(C)(c2ccccc2)(c2ccccc2)c2ccccc2)=C(C(=O)OCC)C1c1cccc([N+](=O)[O-])c1.Cl. The normalized spacial score (nSPS) is 15.4. The molecule has 8 nitrogen and oxygen atoms in total. The standard InChI is InChI=1S/C37H37N2O6P.ClH/c1-5-44-36(40)32-26(3)38-35(34(37(41)45-6-2)33(32)27-17-16-18-28(25-27)39(42)43)46(4,29-19-10-7-11-20-29,30-21-12-8-13-22-30)31-23-14-9-15-24-31;/h7-25,33,38H,5-6H2,1-4H3;1H. The average molecular weight is 673 g/mol. The van der Waals surface area contributed by atoms with E-state index in [2.05, 4.69) is 48.4 Å². The molecule has 1 heterocycles. The fraction of sp³-hybridized carbons (Fsp3) is 0.189.